The summed E-state index contributed by atoms with van der Waals surface area (Å²) < 4.78 is 5.10. The molecule has 5 nitrogen and oxygen atoms in total. The summed E-state index contributed by atoms with van der Waals surface area (Å²) in [6.07, 6.45) is -0.750. The van der Waals surface area contributed by atoms with Crippen LogP contribution in [0.4, 0.5) is 4.79 Å². The maximum absolute atomic E-state index is 11.8. The molecular weight excluding hydrogens is 282 g/mol. The van der Waals surface area contributed by atoms with Crippen molar-refractivity contribution >= 4 is 12.1 Å². The van der Waals surface area contributed by atoms with Crippen LogP contribution in [0.15, 0.2) is 24.3 Å². The Morgan fingerprint density at radius 2 is 1.55 bits per heavy atom. The number of hydrogen-bond acceptors (Lipinski definition) is 3. The number of rotatable bonds is 3. The van der Waals surface area contributed by atoms with E-state index >= 15 is 0 Å². The summed E-state index contributed by atoms with van der Waals surface area (Å²) in [6.45, 7) is 11.4. The summed E-state index contributed by atoms with van der Waals surface area (Å²) in [5.41, 5.74) is 0.906. The molecule has 2 N–H and O–H groups in total. The lowest BCUT2D eigenvalue weighted by atomic mass is 9.86. The highest BCUT2D eigenvalue weighted by Gasteiger charge is 2.25. The Hall–Kier alpha value is -2.04. The monoisotopic (exact) mass is 307 g/mol. The lowest BCUT2D eigenvalue weighted by molar-refractivity contribution is -0.139. The van der Waals surface area contributed by atoms with Crippen molar-refractivity contribution in [2.24, 2.45) is 0 Å². The molecule has 0 fully saturated rings. The van der Waals surface area contributed by atoms with Crippen LogP contribution < -0.4 is 5.32 Å². The molecule has 0 saturated heterocycles. The van der Waals surface area contributed by atoms with E-state index in [9.17, 15) is 14.7 Å². The number of carbonyl (C=O) groups is 2. The first-order chi connectivity index (χ1) is 9.90. The molecule has 0 radical (unpaired) electrons. The van der Waals surface area contributed by atoms with Gasteiger partial charge in [-0.3, -0.25) is 0 Å². The smallest absolute Gasteiger partial charge is 0.408 e. The zero-order valence-corrected chi connectivity index (χ0v) is 14.1. The number of benzene rings is 1. The first-order valence-electron chi connectivity index (χ1n) is 7.23. The molecule has 5 heteroatoms. The Morgan fingerprint density at radius 1 is 1.05 bits per heavy atom. The van der Waals surface area contributed by atoms with Crippen molar-refractivity contribution in [1.82, 2.24) is 5.32 Å². The molecule has 0 saturated carbocycles. The van der Waals surface area contributed by atoms with Crippen molar-refractivity contribution in [3.8, 4) is 0 Å². The van der Waals surface area contributed by atoms with E-state index in [1.54, 1.807) is 32.9 Å². The van der Waals surface area contributed by atoms with Gasteiger partial charge in [0.1, 0.15) is 5.60 Å². The third-order valence-corrected chi connectivity index (χ3v) is 3.02. The van der Waals surface area contributed by atoms with Crippen LogP contribution in [0.3, 0.4) is 0 Å². The van der Waals surface area contributed by atoms with E-state index in [1.165, 1.54) is 0 Å². The number of carbonyl (C=O) groups excluding carboxylic acids is 1. The van der Waals surface area contributed by atoms with Crippen LogP contribution in [-0.2, 0) is 14.9 Å². The molecule has 0 aliphatic heterocycles. The molecule has 0 unspecified atom stereocenters. The third-order valence-electron chi connectivity index (χ3n) is 3.02. The van der Waals surface area contributed by atoms with Crippen molar-refractivity contribution in [3.05, 3.63) is 35.4 Å². The first kappa shape index (κ1) is 18.0. The van der Waals surface area contributed by atoms with Gasteiger partial charge in [0.25, 0.3) is 0 Å². The molecule has 0 aromatic heterocycles. The molecule has 1 aromatic carbocycles. The van der Waals surface area contributed by atoms with Crippen LogP contribution in [-0.4, -0.2) is 22.8 Å². The molecule has 0 aliphatic carbocycles. The normalized spacial score (nSPS) is 13.4. The minimum atomic E-state index is -1.14. The predicted octanol–water partition coefficient (Wildman–Crippen LogP) is 3.63. The van der Waals surface area contributed by atoms with E-state index < -0.39 is 23.7 Å². The fourth-order valence-corrected chi connectivity index (χ4v) is 1.89. The standard InChI is InChI=1S/C17H25NO4/c1-16(2,3)12-9-7-11(8-10-12)13(14(19)20)18-15(21)22-17(4,5)6/h7-10,13H,1-6H3,(H,18,21)(H,19,20)/t13-/m0/s1. The number of hydrogen-bond donors (Lipinski definition) is 2. The van der Waals surface area contributed by atoms with E-state index in [0.29, 0.717) is 5.56 Å². The quantitative estimate of drug-likeness (QED) is 0.894. The zero-order valence-electron chi connectivity index (χ0n) is 14.1. The lowest BCUT2D eigenvalue weighted by Gasteiger charge is -2.23. The highest BCUT2D eigenvalue weighted by molar-refractivity contribution is 5.81. The Balaban J connectivity index is 2.93. The molecule has 22 heavy (non-hydrogen) atoms. The van der Waals surface area contributed by atoms with Crippen molar-refractivity contribution in [3.63, 3.8) is 0 Å². The number of alkyl carbamates (subject to hydrolysis) is 1. The van der Waals surface area contributed by atoms with Crippen molar-refractivity contribution < 1.29 is 19.4 Å². The SMILES string of the molecule is CC(C)(C)OC(=O)N[C@H](C(=O)O)c1ccc(C(C)(C)C)cc1. The summed E-state index contributed by atoms with van der Waals surface area (Å²) >= 11 is 0. The minimum absolute atomic E-state index is 0.0180. The van der Waals surface area contributed by atoms with Crippen LogP contribution in [0.25, 0.3) is 0 Å². The van der Waals surface area contributed by atoms with Crippen LogP contribution in [0.1, 0.15) is 58.7 Å². The molecule has 1 rings (SSSR count). The summed E-state index contributed by atoms with van der Waals surface area (Å²) in [5, 5.41) is 11.7. The van der Waals surface area contributed by atoms with E-state index in [0.717, 1.165) is 5.56 Å². The third kappa shape index (κ3) is 5.39. The molecule has 0 bridgehead atoms. The predicted molar refractivity (Wildman–Crippen MR) is 84.9 cm³/mol. The number of carboxylic acid groups (broad SMARTS) is 1. The van der Waals surface area contributed by atoms with Gasteiger partial charge in [0.2, 0.25) is 0 Å². The van der Waals surface area contributed by atoms with Gasteiger partial charge in [-0.2, -0.15) is 0 Å². The van der Waals surface area contributed by atoms with E-state index in [-0.39, 0.29) is 5.41 Å². The van der Waals surface area contributed by atoms with E-state index in [4.69, 9.17) is 4.74 Å². The largest absolute Gasteiger partial charge is 0.479 e. The Labute approximate surface area is 131 Å². The van der Waals surface area contributed by atoms with Gasteiger partial charge in [0.15, 0.2) is 6.04 Å². The molecule has 0 heterocycles. The first-order valence-corrected chi connectivity index (χ1v) is 7.23. The fourth-order valence-electron chi connectivity index (χ4n) is 1.89. The van der Waals surface area contributed by atoms with Gasteiger partial charge in [-0.15, -0.1) is 0 Å². The fraction of sp³-hybridized carbons (Fsp3) is 0.529. The number of ether oxygens (including phenoxy) is 1. The van der Waals surface area contributed by atoms with Gasteiger partial charge >= 0.3 is 12.1 Å². The van der Waals surface area contributed by atoms with Crippen LogP contribution in [0.5, 0.6) is 0 Å². The average molecular weight is 307 g/mol. The summed E-state index contributed by atoms with van der Waals surface area (Å²) in [7, 11) is 0. The topological polar surface area (TPSA) is 75.6 Å². The molecule has 122 valence electrons. The Bertz CT molecular complexity index is 535. The molecule has 1 atom stereocenters. The lowest BCUT2D eigenvalue weighted by Crippen LogP contribution is -2.38. The van der Waals surface area contributed by atoms with Gasteiger partial charge in [-0.1, -0.05) is 45.0 Å². The van der Waals surface area contributed by atoms with Gasteiger partial charge in [0, 0.05) is 0 Å². The minimum Gasteiger partial charge on any atom is -0.479 e. The van der Waals surface area contributed by atoms with Gasteiger partial charge in [-0.25, -0.2) is 9.59 Å². The number of carboxylic acids is 1. The maximum Gasteiger partial charge on any atom is 0.408 e. The highest BCUT2D eigenvalue weighted by atomic mass is 16.6. The zero-order chi connectivity index (χ0) is 17.1. The van der Waals surface area contributed by atoms with E-state index in [2.05, 4.69) is 26.1 Å². The average Bonchev–Trinajstić information content (AvgIpc) is 2.32. The van der Waals surface area contributed by atoms with Crippen LogP contribution >= 0.6 is 0 Å². The number of amides is 1. The molecule has 1 amide bonds. The van der Waals surface area contributed by atoms with Crippen LogP contribution in [0, 0.1) is 0 Å². The van der Waals surface area contributed by atoms with Gasteiger partial charge < -0.3 is 15.2 Å². The Morgan fingerprint density at radius 3 is 1.91 bits per heavy atom. The molecule has 0 spiro atoms. The highest BCUT2D eigenvalue weighted by Crippen LogP contribution is 2.24. The van der Waals surface area contributed by atoms with Crippen molar-refractivity contribution in [2.45, 2.75) is 58.6 Å². The van der Waals surface area contributed by atoms with Crippen molar-refractivity contribution in [2.75, 3.05) is 0 Å². The van der Waals surface area contributed by atoms with E-state index in [1.807, 2.05) is 12.1 Å². The maximum atomic E-state index is 11.8. The second-order valence-electron chi connectivity index (χ2n) is 7.29. The second kappa shape index (κ2) is 6.38. The number of aliphatic carboxylic acids is 1. The summed E-state index contributed by atoms with van der Waals surface area (Å²) in [6, 6.07) is 6.06. The van der Waals surface area contributed by atoms with Gasteiger partial charge in [-0.05, 0) is 37.3 Å². The van der Waals surface area contributed by atoms with Gasteiger partial charge in [0.05, 0.1) is 0 Å². The van der Waals surface area contributed by atoms with Crippen molar-refractivity contribution in [1.29, 1.82) is 0 Å². The molecular formula is C17H25NO4. The summed E-state index contributed by atoms with van der Waals surface area (Å²) in [5.74, 6) is -1.13. The van der Waals surface area contributed by atoms with Crippen LogP contribution in [0.2, 0.25) is 0 Å². The molecule has 0 aliphatic rings. The second-order valence-corrected chi connectivity index (χ2v) is 7.29. The molecule has 1 aromatic rings. The Kier molecular flexibility index (Phi) is 5.22. The number of nitrogens with one attached hydrogen (secondary N) is 1. The summed E-state index contributed by atoms with van der Waals surface area (Å²) in [4.78, 5) is 23.2.